The summed E-state index contributed by atoms with van der Waals surface area (Å²) >= 11 is 0. The van der Waals surface area contributed by atoms with E-state index in [9.17, 15) is 5.11 Å². The van der Waals surface area contributed by atoms with Crippen molar-refractivity contribution in [1.82, 2.24) is 0 Å². The fraction of sp³-hybridized carbons (Fsp3) is 1.00. The van der Waals surface area contributed by atoms with Crippen LogP contribution in [0, 0.1) is 5.41 Å². The van der Waals surface area contributed by atoms with Gasteiger partial charge in [0.2, 0.25) is 0 Å². The lowest BCUT2D eigenvalue weighted by molar-refractivity contribution is -0.0257. The van der Waals surface area contributed by atoms with Crippen molar-refractivity contribution in [2.75, 3.05) is 6.54 Å². The van der Waals surface area contributed by atoms with Crippen molar-refractivity contribution < 1.29 is 9.84 Å². The highest BCUT2D eigenvalue weighted by Gasteiger charge is 2.38. The van der Waals surface area contributed by atoms with Gasteiger partial charge in [0.1, 0.15) is 0 Å². The Morgan fingerprint density at radius 1 is 1.50 bits per heavy atom. The summed E-state index contributed by atoms with van der Waals surface area (Å²) in [5.74, 6) is 0. The fourth-order valence-corrected chi connectivity index (χ4v) is 1.50. The average molecular weight is 173 g/mol. The van der Waals surface area contributed by atoms with E-state index >= 15 is 0 Å². The van der Waals surface area contributed by atoms with Gasteiger partial charge in [-0.15, -0.1) is 0 Å². The van der Waals surface area contributed by atoms with Gasteiger partial charge in [0.15, 0.2) is 0 Å². The molecule has 1 heterocycles. The zero-order chi connectivity index (χ0) is 9.35. The number of rotatable bonds is 1. The molecule has 1 fully saturated rings. The summed E-state index contributed by atoms with van der Waals surface area (Å²) in [7, 11) is 0. The van der Waals surface area contributed by atoms with Crippen molar-refractivity contribution in [3.05, 3.63) is 0 Å². The van der Waals surface area contributed by atoms with Gasteiger partial charge in [0, 0.05) is 13.0 Å². The first kappa shape index (κ1) is 9.96. The van der Waals surface area contributed by atoms with Crippen molar-refractivity contribution in [2.24, 2.45) is 11.1 Å². The normalized spacial score (nSPS) is 37.2. The van der Waals surface area contributed by atoms with E-state index in [0.717, 1.165) is 0 Å². The summed E-state index contributed by atoms with van der Waals surface area (Å²) in [6.45, 7) is 6.75. The molecule has 1 aliphatic heterocycles. The van der Waals surface area contributed by atoms with Crippen molar-refractivity contribution in [3.8, 4) is 0 Å². The Bertz CT molecular complexity index is 153. The quantitative estimate of drug-likeness (QED) is 0.607. The van der Waals surface area contributed by atoms with Gasteiger partial charge in [0.05, 0.1) is 18.3 Å². The first-order valence-corrected chi connectivity index (χ1v) is 4.48. The fourth-order valence-electron chi connectivity index (χ4n) is 1.50. The molecule has 0 aromatic carbocycles. The third-order valence-corrected chi connectivity index (χ3v) is 2.42. The summed E-state index contributed by atoms with van der Waals surface area (Å²) in [5.41, 5.74) is 5.55. The number of aliphatic hydroxyl groups is 1. The molecule has 0 aliphatic carbocycles. The van der Waals surface area contributed by atoms with Gasteiger partial charge >= 0.3 is 0 Å². The first-order valence-electron chi connectivity index (χ1n) is 4.48. The van der Waals surface area contributed by atoms with Crippen LogP contribution in [-0.4, -0.2) is 30.0 Å². The first-order chi connectivity index (χ1) is 5.45. The average Bonchev–Trinajstić information content (AvgIpc) is 2.29. The molecule has 3 atom stereocenters. The number of aliphatic hydroxyl groups excluding tert-OH is 1. The molecular formula is C9H19NO2. The van der Waals surface area contributed by atoms with Crippen molar-refractivity contribution in [1.29, 1.82) is 0 Å². The third-order valence-electron chi connectivity index (χ3n) is 2.42. The van der Waals surface area contributed by atoms with Crippen molar-refractivity contribution >= 4 is 0 Å². The minimum Gasteiger partial charge on any atom is -0.390 e. The van der Waals surface area contributed by atoms with E-state index in [1.807, 2.05) is 0 Å². The van der Waals surface area contributed by atoms with E-state index < -0.39 is 0 Å². The molecule has 72 valence electrons. The standard InChI is InChI=1S/C9H19NO2/c1-9(2,3)8-4-6(11)7(5-10)12-8/h6-8,11H,4-5,10H2,1-3H3/t6-,7-,8?/m1/s1. The summed E-state index contributed by atoms with van der Waals surface area (Å²) < 4.78 is 5.61. The summed E-state index contributed by atoms with van der Waals surface area (Å²) in [6.07, 6.45) is 0.320. The maximum Gasteiger partial charge on any atom is 0.0960 e. The summed E-state index contributed by atoms with van der Waals surface area (Å²) in [6, 6.07) is 0. The highest BCUT2D eigenvalue weighted by molar-refractivity contribution is 4.88. The van der Waals surface area contributed by atoms with Gasteiger partial charge in [-0.3, -0.25) is 0 Å². The Labute approximate surface area is 73.9 Å². The van der Waals surface area contributed by atoms with Crippen LogP contribution in [0.15, 0.2) is 0 Å². The molecule has 0 aromatic heterocycles. The van der Waals surface area contributed by atoms with Gasteiger partial charge in [-0.1, -0.05) is 20.8 Å². The van der Waals surface area contributed by atoms with Crippen LogP contribution in [-0.2, 0) is 4.74 Å². The van der Waals surface area contributed by atoms with Crippen LogP contribution in [0.2, 0.25) is 0 Å². The molecule has 0 aromatic rings. The molecule has 1 aliphatic rings. The van der Waals surface area contributed by atoms with Crippen LogP contribution in [0.4, 0.5) is 0 Å². The van der Waals surface area contributed by atoms with E-state index in [-0.39, 0.29) is 23.7 Å². The molecule has 12 heavy (non-hydrogen) atoms. The van der Waals surface area contributed by atoms with Gasteiger partial charge in [0.25, 0.3) is 0 Å². The Hall–Kier alpha value is -0.120. The van der Waals surface area contributed by atoms with Gasteiger partial charge in [-0.2, -0.15) is 0 Å². The topological polar surface area (TPSA) is 55.5 Å². The highest BCUT2D eigenvalue weighted by Crippen LogP contribution is 2.32. The zero-order valence-electron chi connectivity index (χ0n) is 8.08. The second-order valence-electron chi connectivity index (χ2n) is 4.57. The Morgan fingerprint density at radius 2 is 2.08 bits per heavy atom. The Morgan fingerprint density at radius 3 is 2.33 bits per heavy atom. The summed E-state index contributed by atoms with van der Waals surface area (Å²) in [5, 5.41) is 9.52. The van der Waals surface area contributed by atoms with E-state index in [4.69, 9.17) is 10.5 Å². The number of hydrogen-bond acceptors (Lipinski definition) is 3. The molecular weight excluding hydrogens is 154 g/mol. The Kier molecular flexibility index (Phi) is 2.76. The van der Waals surface area contributed by atoms with E-state index in [2.05, 4.69) is 20.8 Å². The largest absolute Gasteiger partial charge is 0.390 e. The maximum absolute atomic E-state index is 9.52. The van der Waals surface area contributed by atoms with Gasteiger partial charge < -0.3 is 15.6 Å². The molecule has 0 amide bonds. The zero-order valence-corrected chi connectivity index (χ0v) is 8.08. The SMILES string of the molecule is CC(C)(C)C1C[C@@H](O)[C@@H](CN)O1. The number of nitrogens with two attached hydrogens (primary N) is 1. The highest BCUT2D eigenvalue weighted by atomic mass is 16.5. The minimum absolute atomic E-state index is 0.102. The van der Waals surface area contributed by atoms with Crippen molar-refractivity contribution in [2.45, 2.75) is 45.5 Å². The van der Waals surface area contributed by atoms with Gasteiger partial charge in [-0.05, 0) is 5.41 Å². The predicted molar refractivity (Wildman–Crippen MR) is 47.8 cm³/mol. The molecule has 0 bridgehead atoms. The smallest absolute Gasteiger partial charge is 0.0960 e. The monoisotopic (exact) mass is 173 g/mol. The Balaban J connectivity index is 2.54. The molecule has 1 unspecified atom stereocenters. The molecule has 1 saturated heterocycles. The van der Waals surface area contributed by atoms with E-state index in [1.165, 1.54) is 0 Å². The van der Waals surface area contributed by atoms with E-state index in [1.54, 1.807) is 0 Å². The lowest BCUT2D eigenvalue weighted by Gasteiger charge is -2.26. The molecule has 3 nitrogen and oxygen atoms in total. The van der Waals surface area contributed by atoms with Crippen LogP contribution >= 0.6 is 0 Å². The van der Waals surface area contributed by atoms with Crippen LogP contribution in [0.25, 0.3) is 0 Å². The third kappa shape index (κ3) is 1.97. The van der Waals surface area contributed by atoms with Crippen LogP contribution in [0.5, 0.6) is 0 Å². The van der Waals surface area contributed by atoms with Crippen molar-refractivity contribution in [3.63, 3.8) is 0 Å². The molecule has 0 spiro atoms. The number of ether oxygens (including phenoxy) is 1. The van der Waals surface area contributed by atoms with Gasteiger partial charge in [-0.25, -0.2) is 0 Å². The number of hydrogen-bond donors (Lipinski definition) is 2. The molecule has 3 heteroatoms. The van der Waals surface area contributed by atoms with Crippen LogP contribution in [0.3, 0.4) is 0 Å². The van der Waals surface area contributed by atoms with Crippen LogP contribution < -0.4 is 5.73 Å². The van der Waals surface area contributed by atoms with E-state index in [0.29, 0.717) is 13.0 Å². The lowest BCUT2D eigenvalue weighted by atomic mass is 9.87. The molecule has 0 saturated carbocycles. The lowest BCUT2D eigenvalue weighted by Crippen LogP contribution is -2.30. The molecule has 0 radical (unpaired) electrons. The summed E-state index contributed by atoms with van der Waals surface area (Å²) in [4.78, 5) is 0. The second-order valence-corrected chi connectivity index (χ2v) is 4.57. The minimum atomic E-state index is -0.376. The predicted octanol–water partition coefficient (Wildman–Crippen LogP) is 0.510. The molecule has 1 rings (SSSR count). The maximum atomic E-state index is 9.52. The second kappa shape index (κ2) is 3.32. The van der Waals surface area contributed by atoms with Crippen LogP contribution in [0.1, 0.15) is 27.2 Å². The molecule has 3 N–H and O–H groups in total.